The highest BCUT2D eigenvalue weighted by Gasteiger charge is 2.19. The number of nitro benzene ring substituents is 1. The molecule has 0 aliphatic rings. The molecule has 0 amide bonds. The zero-order valence-electron chi connectivity index (χ0n) is 10.6. The molecule has 1 rings (SSSR count). The smallest absolute Gasteiger partial charge is 0.320 e. The molecule has 1 unspecified atom stereocenters. The first kappa shape index (κ1) is 14.1. The average Bonchev–Trinajstić information content (AvgIpc) is 2.30. The van der Waals surface area contributed by atoms with Gasteiger partial charge < -0.3 is 5.11 Å². The summed E-state index contributed by atoms with van der Waals surface area (Å²) >= 11 is 0. The van der Waals surface area contributed by atoms with E-state index in [9.17, 15) is 14.9 Å². The number of hydrogen-bond donors (Lipinski definition) is 1. The monoisotopic (exact) mass is 252 g/mol. The lowest BCUT2D eigenvalue weighted by Gasteiger charge is -2.21. The number of aliphatic carboxylic acids is 1. The lowest BCUT2D eigenvalue weighted by molar-refractivity contribution is -0.385. The van der Waals surface area contributed by atoms with E-state index in [0.717, 1.165) is 5.56 Å². The summed E-state index contributed by atoms with van der Waals surface area (Å²) in [6.45, 7) is 3.61. The molecule has 1 aromatic carbocycles. The highest BCUT2D eigenvalue weighted by atomic mass is 16.6. The van der Waals surface area contributed by atoms with Crippen molar-refractivity contribution in [3.05, 3.63) is 39.4 Å². The maximum atomic E-state index is 10.8. The molecule has 0 aliphatic heterocycles. The first-order valence-corrected chi connectivity index (χ1v) is 5.50. The zero-order chi connectivity index (χ0) is 13.9. The van der Waals surface area contributed by atoms with Gasteiger partial charge in [-0.25, -0.2) is 0 Å². The summed E-state index contributed by atoms with van der Waals surface area (Å²) in [7, 11) is 1.68. The highest BCUT2D eigenvalue weighted by molar-refractivity contribution is 5.72. The van der Waals surface area contributed by atoms with Crippen LogP contribution < -0.4 is 0 Å². The van der Waals surface area contributed by atoms with Crippen LogP contribution in [0.4, 0.5) is 5.69 Å². The Kier molecular flexibility index (Phi) is 4.38. The van der Waals surface area contributed by atoms with Gasteiger partial charge in [-0.1, -0.05) is 12.1 Å². The van der Waals surface area contributed by atoms with Gasteiger partial charge in [0.1, 0.15) is 6.04 Å². The van der Waals surface area contributed by atoms with Crippen molar-refractivity contribution in [1.29, 1.82) is 0 Å². The third-order valence-corrected chi connectivity index (χ3v) is 3.05. The number of carboxylic acid groups (broad SMARTS) is 1. The second-order valence-electron chi connectivity index (χ2n) is 4.25. The van der Waals surface area contributed by atoms with Crippen LogP contribution in [0.1, 0.15) is 18.1 Å². The number of rotatable bonds is 5. The summed E-state index contributed by atoms with van der Waals surface area (Å²) in [5.74, 6) is -0.916. The molecule has 0 saturated carbocycles. The number of nitrogens with zero attached hydrogens (tertiary/aromatic N) is 2. The molecule has 98 valence electrons. The van der Waals surface area contributed by atoms with Crippen LogP contribution in [0.3, 0.4) is 0 Å². The molecule has 0 bridgehead atoms. The Morgan fingerprint density at radius 3 is 2.67 bits per heavy atom. The van der Waals surface area contributed by atoms with E-state index < -0.39 is 16.9 Å². The van der Waals surface area contributed by atoms with E-state index in [1.165, 1.54) is 6.07 Å². The van der Waals surface area contributed by atoms with E-state index in [2.05, 4.69) is 0 Å². The fraction of sp³-hybridized carbons (Fsp3) is 0.417. The van der Waals surface area contributed by atoms with Gasteiger partial charge in [0.15, 0.2) is 0 Å². The quantitative estimate of drug-likeness (QED) is 0.638. The van der Waals surface area contributed by atoms with Crippen molar-refractivity contribution in [2.45, 2.75) is 26.4 Å². The van der Waals surface area contributed by atoms with Gasteiger partial charge in [0.25, 0.3) is 5.69 Å². The van der Waals surface area contributed by atoms with Crippen LogP contribution in [0.15, 0.2) is 18.2 Å². The number of carbonyl (C=O) groups is 1. The molecule has 18 heavy (non-hydrogen) atoms. The molecular weight excluding hydrogens is 236 g/mol. The van der Waals surface area contributed by atoms with E-state index in [4.69, 9.17) is 5.11 Å². The zero-order valence-corrected chi connectivity index (χ0v) is 10.6. The third-order valence-electron chi connectivity index (χ3n) is 3.05. The molecule has 1 N–H and O–H groups in total. The first-order valence-electron chi connectivity index (χ1n) is 5.50. The normalized spacial score (nSPS) is 12.4. The minimum atomic E-state index is -0.916. The van der Waals surface area contributed by atoms with Crippen molar-refractivity contribution >= 4 is 11.7 Å². The van der Waals surface area contributed by atoms with Crippen LogP contribution in [0.2, 0.25) is 0 Å². The van der Waals surface area contributed by atoms with Crippen LogP contribution in [0.5, 0.6) is 0 Å². The Labute approximate surface area is 105 Å². The van der Waals surface area contributed by atoms with Crippen molar-refractivity contribution in [2.75, 3.05) is 7.05 Å². The predicted octanol–water partition coefficient (Wildman–Crippen LogP) is 1.81. The van der Waals surface area contributed by atoms with Gasteiger partial charge in [-0.3, -0.25) is 19.8 Å². The van der Waals surface area contributed by atoms with Gasteiger partial charge >= 0.3 is 5.97 Å². The molecule has 0 aliphatic carbocycles. The Bertz CT molecular complexity index is 473. The minimum absolute atomic E-state index is 0.0591. The second-order valence-corrected chi connectivity index (χ2v) is 4.25. The molecule has 0 radical (unpaired) electrons. The maximum Gasteiger partial charge on any atom is 0.320 e. The number of benzene rings is 1. The molecule has 0 saturated heterocycles. The van der Waals surface area contributed by atoms with Gasteiger partial charge in [-0.2, -0.15) is 0 Å². The molecule has 1 atom stereocenters. The summed E-state index contributed by atoms with van der Waals surface area (Å²) in [6, 6.07) is 4.19. The molecule has 0 heterocycles. The summed E-state index contributed by atoms with van der Waals surface area (Å²) < 4.78 is 0. The van der Waals surface area contributed by atoms with Crippen molar-refractivity contribution in [1.82, 2.24) is 4.90 Å². The van der Waals surface area contributed by atoms with Crippen molar-refractivity contribution in [3.63, 3.8) is 0 Å². The molecule has 6 heteroatoms. The summed E-state index contributed by atoms with van der Waals surface area (Å²) in [5.41, 5.74) is 1.40. The van der Waals surface area contributed by atoms with E-state index in [1.807, 2.05) is 0 Å². The Balaban J connectivity index is 2.95. The summed E-state index contributed by atoms with van der Waals surface area (Å²) in [6.07, 6.45) is 0. The van der Waals surface area contributed by atoms with E-state index in [1.54, 1.807) is 37.9 Å². The average molecular weight is 252 g/mol. The fourth-order valence-corrected chi connectivity index (χ4v) is 1.63. The van der Waals surface area contributed by atoms with E-state index in [0.29, 0.717) is 12.1 Å². The van der Waals surface area contributed by atoms with E-state index >= 15 is 0 Å². The van der Waals surface area contributed by atoms with Gasteiger partial charge in [0, 0.05) is 18.2 Å². The lowest BCUT2D eigenvalue weighted by atomic mass is 10.1. The predicted molar refractivity (Wildman–Crippen MR) is 66.4 cm³/mol. The first-order chi connectivity index (χ1) is 8.34. The SMILES string of the molecule is Cc1c(CN(C)C(C)C(=O)O)cccc1[N+](=O)[O-]. The fourth-order valence-electron chi connectivity index (χ4n) is 1.63. The Morgan fingerprint density at radius 1 is 1.56 bits per heavy atom. The van der Waals surface area contributed by atoms with Crippen molar-refractivity contribution < 1.29 is 14.8 Å². The van der Waals surface area contributed by atoms with E-state index in [-0.39, 0.29) is 5.69 Å². The third kappa shape index (κ3) is 3.04. The summed E-state index contributed by atoms with van der Waals surface area (Å²) in [5, 5.41) is 19.7. The maximum absolute atomic E-state index is 10.8. The van der Waals surface area contributed by atoms with Gasteiger partial charge in [0.05, 0.1) is 4.92 Å². The standard InChI is InChI=1S/C12H16N2O4/c1-8-10(5-4-6-11(8)14(17)18)7-13(3)9(2)12(15)16/h4-6,9H,7H2,1-3H3,(H,15,16). The molecule has 1 aromatic rings. The molecule has 0 fully saturated rings. The highest BCUT2D eigenvalue weighted by Crippen LogP contribution is 2.22. The largest absolute Gasteiger partial charge is 0.480 e. The summed E-state index contributed by atoms with van der Waals surface area (Å²) in [4.78, 5) is 22.8. The van der Waals surface area contributed by atoms with Gasteiger partial charge in [-0.05, 0) is 26.5 Å². The van der Waals surface area contributed by atoms with Crippen LogP contribution in [-0.2, 0) is 11.3 Å². The van der Waals surface area contributed by atoms with Crippen molar-refractivity contribution in [2.24, 2.45) is 0 Å². The molecule has 0 aromatic heterocycles. The molecule has 6 nitrogen and oxygen atoms in total. The van der Waals surface area contributed by atoms with Crippen LogP contribution in [0, 0.1) is 17.0 Å². The van der Waals surface area contributed by atoms with Gasteiger partial charge in [0.2, 0.25) is 0 Å². The Hall–Kier alpha value is -1.95. The van der Waals surface area contributed by atoms with Crippen LogP contribution in [-0.4, -0.2) is 34.0 Å². The van der Waals surface area contributed by atoms with Crippen LogP contribution in [0.25, 0.3) is 0 Å². The van der Waals surface area contributed by atoms with Gasteiger partial charge in [-0.15, -0.1) is 0 Å². The number of carboxylic acids is 1. The number of likely N-dealkylation sites (N-methyl/N-ethyl adjacent to an activating group) is 1. The minimum Gasteiger partial charge on any atom is -0.480 e. The number of hydrogen-bond acceptors (Lipinski definition) is 4. The second kappa shape index (κ2) is 5.59. The van der Waals surface area contributed by atoms with Crippen LogP contribution >= 0.6 is 0 Å². The lowest BCUT2D eigenvalue weighted by Crippen LogP contribution is -2.35. The number of nitro groups is 1. The topological polar surface area (TPSA) is 83.7 Å². The Morgan fingerprint density at radius 2 is 2.17 bits per heavy atom. The van der Waals surface area contributed by atoms with Crippen molar-refractivity contribution in [3.8, 4) is 0 Å². The molecule has 0 spiro atoms. The molecular formula is C12H16N2O4.